The molecule has 0 aliphatic carbocycles. The SMILES string of the molecule is CC(CNCc1ccc(Br)c2cccnc12)N1CCCC1. The number of nitrogens with zero attached hydrogens (tertiary/aromatic N) is 2. The molecular weight excluding hydrogens is 326 g/mol. The van der Waals surface area contributed by atoms with Crippen molar-refractivity contribution in [3.63, 3.8) is 0 Å². The molecule has 1 aromatic heterocycles. The minimum Gasteiger partial charge on any atom is -0.311 e. The van der Waals surface area contributed by atoms with Crippen molar-refractivity contribution in [2.75, 3.05) is 19.6 Å². The first-order valence-corrected chi connectivity index (χ1v) is 8.52. The quantitative estimate of drug-likeness (QED) is 0.895. The molecule has 2 aromatic rings. The normalized spacial score (nSPS) is 17.4. The second kappa shape index (κ2) is 6.86. The fourth-order valence-electron chi connectivity index (χ4n) is 3.07. The van der Waals surface area contributed by atoms with Crippen molar-refractivity contribution in [2.24, 2.45) is 0 Å². The Balaban J connectivity index is 1.64. The monoisotopic (exact) mass is 347 g/mol. The number of fused-ring (bicyclic) bond motifs is 1. The van der Waals surface area contributed by atoms with Crippen LogP contribution in [0.15, 0.2) is 34.9 Å². The second-order valence-corrected chi connectivity index (χ2v) is 6.68. The van der Waals surface area contributed by atoms with Gasteiger partial charge >= 0.3 is 0 Å². The Hall–Kier alpha value is -0.970. The van der Waals surface area contributed by atoms with E-state index in [1.165, 1.54) is 36.9 Å². The molecule has 1 aromatic carbocycles. The smallest absolute Gasteiger partial charge is 0.0758 e. The van der Waals surface area contributed by atoms with E-state index >= 15 is 0 Å². The minimum atomic E-state index is 0.613. The van der Waals surface area contributed by atoms with Gasteiger partial charge in [-0.3, -0.25) is 9.88 Å². The highest BCUT2D eigenvalue weighted by atomic mass is 79.9. The Labute approximate surface area is 134 Å². The highest BCUT2D eigenvalue weighted by molar-refractivity contribution is 9.10. The predicted molar refractivity (Wildman–Crippen MR) is 91.4 cm³/mol. The molecule has 0 saturated carbocycles. The van der Waals surface area contributed by atoms with E-state index in [0.29, 0.717) is 6.04 Å². The van der Waals surface area contributed by atoms with Crippen LogP contribution in [0.4, 0.5) is 0 Å². The van der Waals surface area contributed by atoms with Crippen molar-refractivity contribution in [1.82, 2.24) is 15.2 Å². The fraction of sp³-hybridized carbons (Fsp3) is 0.471. The molecule has 0 amide bonds. The minimum absolute atomic E-state index is 0.613. The Bertz CT molecular complexity index is 608. The van der Waals surface area contributed by atoms with Gasteiger partial charge < -0.3 is 5.32 Å². The summed E-state index contributed by atoms with van der Waals surface area (Å²) in [5.74, 6) is 0. The Kier molecular flexibility index (Phi) is 4.88. The summed E-state index contributed by atoms with van der Waals surface area (Å²) in [5.41, 5.74) is 2.36. The van der Waals surface area contributed by atoms with Crippen LogP contribution >= 0.6 is 15.9 Å². The van der Waals surface area contributed by atoms with Gasteiger partial charge in [0.15, 0.2) is 0 Å². The third-order valence-electron chi connectivity index (χ3n) is 4.32. The van der Waals surface area contributed by atoms with Gasteiger partial charge in [0.05, 0.1) is 5.52 Å². The molecule has 0 radical (unpaired) electrons. The summed E-state index contributed by atoms with van der Waals surface area (Å²) in [4.78, 5) is 7.11. The van der Waals surface area contributed by atoms with Crippen LogP contribution < -0.4 is 5.32 Å². The van der Waals surface area contributed by atoms with Crippen molar-refractivity contribution >= 4 is 26.8 Å². The van der Waals surface area contributed by atoms with E-state index in [0.717, 1.165) is 23.1 Å². The average Bonchev–Trinajstić information content (AvgIpc) is 3.04. The summed E-state index contributed by atoms with van der Waals surface area (Å²) in [5, 5.41) is 4.78. The summed E-state index contributed by atoms with van der Waals surface area (Å²) in [6.07, 6.45) is 4.57. The average molecular weight is 348 g/mol. The van der Waals surface area contributed by atoms with E-state index in [1.807, 2.05) is 12.3 Å². The lowest BCUT2D eigenvalue weighted by Gasteiger charge is -2.24. The number of rotatable bonds is 5. The number of aromatic nitrogens is 1. The molecule has 4 heteroatoms. The molecule has 1 aliphatic rings. The zero-order chi connectivity index (χ0) is 14.7. The number of pyridine rings is 1. The van der Waals surface area contributed by atoms with Crippen molar-refractivity contribution in [3.05, 3.63) is 40.5 Å². The molecular formula is C17H22BrN3. The van der Waals surface area contributed by atoms with Crippen LogP contribution in [0.2, 0.25) is 0 Å². The maximum absolute atomic E-state index is 4.54. The van der Waals surface area contributed by atoms with Gasteiger partial charge in [-0.2, -0.15) is 0 Å². The summed E-state index contributed by atoms with van der Waals surface area (Å²) >= 11 is 3.60. The van der Waals surface area contributed by atoms with Crippen LogP contribution in [-0.4, -0.2) is 35.6 Å². The van der Waals surface area contributed by atoms with Gasteiger partial charge in [0, 0.05) is 35.2 Å². The van der Waals surface area contributed by atoms with Crippen LogP contribution in [0.25, 0.3) is 10.9 Å². The van der Waals surface area contributed by atoms with E-state index in [1.54, 1.807) is 0 Å². The summed E-state index contributed by atoms with van der Waals surface area (Å²) < 4.78 is 1.11. The molecule has 1 unspecified atom stereocenters. The zero-order valence-electron chi connectivity index (χ0n) is 12.5. The van der Waals surface area contributed by atoms with Crippen LogP contribution in [0, 0.1) is 0 Å². The molecule has 3 rings (SSSR count). The van der Waals surface area contributed by atoms with Gasteiger partial charge in [0.2, 0.25) is 0 Å². The zero-order valence-corrected chi connectivity index (χ0v) is 14.1. The molecule has 112 valence electrons. The third kappa shape index (κ3) is 3.44. The first kappa shape index (κ1) is 14.9. The van der Waals surface area contributed by atoms with Crippen molar-refractivity contribution in [2.45, 2.75) is 32.4 Å². The molecule has 1 N–H and O–H groups in total. The predicted octanol–water partition coefficient (Wildman–Crippen LogP) is 3.57. The van der Waals surface area contributed by atoms with Crippen molar-refractivity contribution in [3.8, 4) is 0 Å². The molecule has 2 heterocycles. The number of benzene rings is 1. The standard InChI is InChI=1S/C17H22BrN3/c1-13(21-9-2-3-10-21)11-19-12-14-6-7-16(18)15-5-4-8-20-17(14)15/h4-8,13,19H,2-3,9-12H2,1H3. The van der Waals surface area contributed by atoms with Crippen LogP contribution in [0.1, 0.15) is 25.3 Å². The highest BCUT2D eigenvalue weighted by Crippen LogP contribution is 2.25. The molecule has 1 fully saturated rings. The van der Waals surface area contributed by atoms with Gasteiger partial charge in [0.25, 0.3) is 0 Å². The van der Waals surface area contributed by atoms with Crippen LogP contribution in [-0.2, 0) is 6.54 Å². The van der Waals surface area contributed by atoms with E-state index in [4.69, 9.17) is 0 Å². The number of hydrogen-bond donors (Lipinski definition) is 1. The van der Waals surface area contributed by atoms with Gasteiger partial charge in [0.1, 0.15) is 0 Å². The Morgan fingerprint density at radius 1 is 1.29 bits per heavy atom. The van der Waals surface area contributed by atoms with Gasteiger partial charge in [-0.05, 0) is 50.6 Å². The van der Waals surface area contributed by atoms with E-state index in [-0.39, 0.29) is 0 Å². The highest BCUT2D eigenvalue weighted by Gasteiger charge is 2.17. The Morgan fingerprint density at radius 3 is 2.90 bits per heavy atom. The van der Waals surface area contributed by atoms with Gasteiger partial charge in [-0.1, -0.05) is 28.1 Å². The number of likely N-dealkylation sites (tertiary alicyclic amines) is 1. The molecule has 0 bridgehead atoms. The lowest BCUT2D eigenvalue weighted by Crippen LogP contribution is -2.38. The van der Waals surface area contributed by atoms with E-state index in [9.17, 15) is 0 Å². The molecule has 21 heavy (non-hydrogen) atoms. The van der Waals surface area contributed by atoms with Gasteiger partial charge in [-0.25, -0.2) is 0 Å². The first-order chi connectivity index (χ1) is 10.3. The lowest BCUT2D eigenvalue weighted by atomic mass is 10.1. The first-order valence-electron chi connectivity index (χ1n) is 7.72. The summed E-state index contributed by atoms with van der Waals surface area (Å²) in [6.45, 7) is 6.73. The molecule has 1 atom stereocenters. The largest absolute Gasteiger partial charge is 0.311 e. The summed E-state index contributed by atoms with van der Waals surface area (Å²) in [7, 11) is 0. The number of halogens is 1. The van der Waals surface area contributed by atoms with Crippen LogP contribution in [0.3, 0.4) is 0 Å². The van der Waals surface area contributed by atoms with Crippen molar-refractivity contribution < 1.29 is 0 Å². The molecule has 0 spiro atoms. The molecule has 3 nitrogen and oxygen atoms in total. The summed E-state index contributed by atoms with van der Waals surface area (Å²) in [6, 6.07) is 8.99. The maximum atomic E-state index is 4.54. The fourth-order valence-corrected chi connectivity index (χ4v) is 3.52. The van der Waals surface area contributed by atoms with E-state index in [2.05, 4.69) is 56.3 Å². The maximum Gasteiger partial charge on any atom is 0.0758 e. The lowest BCUT2D eigenvalue weighted by molar-refractivity contribution is 0.252. The van der Waals surface area contributed by atoms with Crippen molar-refractivity contribution in [1.29, 1.82) is 0 Å². The second-order valence-electron chi connectivity index (χ2n) is 5.83. The van der Waals surface area contributed by atoms with Crippen LogP contribution in [0.5, 0.6) is 0 Å². The Morgan fingerprint density at radius 2 is 2.10 bits per heavy atom. The number of nitrogens with one attached hydrogen (secondary N) is 1. The number of hydrogen-bond acceptors (Lipinski definition) is 3. The van der Waals surface area contributed by atoms with E-state index < -0.39 is 0 Å². The molecule has 1 saturated heterocycles. The molecule has 1 aliphatic heterocycles. The topological polar surface area (TPSA) is 28.2 Å². The third-order valence-corrected chi connectivity index (χ3v) is 5.01. The van der Waals surface area contributed by atoms with Gasteiger partial charge in [-0.15, -0.1) is 0 Å².